The summed E-state index contributed by atoms with van der Waals surface area (Å²) in [6.07, 6.45) is 0. The van der Waals surface area contributed by atoms with Gasteiger partial charge in [-0.2, -0.15) is 0 Å². The van der Waals surface area contributed by atoms with Gasteiger partial charge < -0.3 is 0 Å². The molecule has 32 heavy (non-hydrogen) atoms. The standard InChI is InChI=1S/2Al.6ClO.12O.6Zr/c;;6*1-2;;;;;;;;;;;;;;;;;;/q2*+3;6*-1;;;;;;;6*-1;6*+1. The minimum atomic E-state index is -3.81. The van der Waals surface area contributed by atoms with Gasteiger partial charge in [0.15, 0.2) is 0 Å². The van der Waals surface area contributed by atoms with Crippen LogP contribution >= 0.6 is 71.2 Å². The van der Waals surface area contributed by atoms with Gasteiger partial charge in [-0.3, -0.25) is 0 Å². The minimum absolute atomic E-state index is 0. The van der Waals surface area contributed by atoms with E-state index in [4.69, 9.17) is 0 Å². The van der Waals surface area contributed by atoms with Gasteiger partial charge in [0.25, 0.3) is 0 Å². The molecule has 32 heteroatoms. The fourth-order valence-electron chi connectivity index (χ4n) is 0. The van der Waals surface area contributed by atoms with E-state index >= 15 is 0 Å². The predicted octanol–water partition coefficient (Wildman–Crippen LogP) is -4.90. The van der Waals surface area contributed by atoms with Crippen LogP contribution in [0.3, 0.4) is 0 Å². The monoisotopic (exact) mass is 1090 g/mol. The molecule has 0 heterocycles. The van der Waals surface area contributed by atoms with Crippen molar-refractivity contribution < 1.29 is 186 Å². The third-order valence-corrected chi connectivity index (χ3v) is 6.71. The molecule has 0 rings (SSSR count). The Balaban J connectivity index is -0.0000000356. The predicted molar refractivity (Wildman–Crippen MR) is 57.3 cm³/mol. The van der Waals surface area contributed by atoms with Crippen molar-refractivity contribution in [3.05, 3.63) is 0 Å². The van der Waals surface area contributed by atoms with Gasteiger partial charge in [0, 0.05) is 0 Å². The summed E-state index contributed by atoms with van der Waals surface area (Å²) in [5, 5.41) is 0. The summed E-state index contributed by atoms with van der Waals surface area (Å²) in [6, 6.07) is 0. The van der Waals surface area contributed by atoms with Crippen molar-refractivity contribution >= 4 is 106 Å². The number of rotatable bonds is 6. The Morgan fingerprint density at radius 1 is 0.344 bits per heavy atom. The van der Waals surface area contributed by atoms with E-state index in [9.17, 15) is 36.0 Å². The van der Waals surface area contributed by atoms with Crippen molar-refractivity contribution in [3.8, 4) is 0 Å². The van der Waals surface area contributed by atoms with Crippen LogP contribution in [-0.4, -0.2) is 34.7 Å². The summed E-state index contributed by atoms with van der Waals surface area (Å²) < 4.78 is 130. The fourth-order valence-corrected chi connectivity index (χ4v) is 0. The average molecular weight is 1100 g/mol. The van der Waals surface area contributed by atoms with Crippen molar-refractivity contribution in [2.24, 2.45) is 0 Å². The van der Waals surface area contributed by atoms with E-state index in [1.807, 2.05) is 0 Å². The van der Waals surface area contributed by atoms with Gasteiger partial charge in [0.2, 0.25) is 0 Å². The Labute approximate surface area is 285 Å². The van der Waals surface area contributed by atoms with Crippen LogP contribution in [0.1, 0.15) is 0 Å². The Hall–Kier alpha value is 6.42. The summed E-state index contributed by atoms with van der Waals surface area (Å²) in [7, 11) is 0. The van der Waals surface area contributed by atoms with Crippen molar-refractivity contribution in [2.75, 3.05) is 0 Å². The van der Waals surface area contributed by atoms with Gasteiger partial charge in [-0.15, -0.1) is 0 Å². The molecular weight excluding hydrogens is 1100 g/mol. The van der Waals surface area contributed by atoms with E-state index in [0.29, 0.717) is 0 Å². The van der Waals surface area contributed by atoms with Crippen molar-refractivity contribution in [3.63, 3.8) is 0 Å². The summed E-state index contributed by atoms with van der Waals surface area (Å²) in [4.78, 5) is 0. The maximum atomic E-state index is 9.18. The molecule has 0 spiro atoms. The number of hydrogen-bond acceptors (Lipinski definition) is 18. The summed E-state index contributed by atoms with van der Waals surface area (Å²) in [5.41, 5.74) is 0. The second kappa shape index (κ2) is 53.6. The molecule has 0 aromatic heterocycles. The molecule has 18 nitrogen and oxygen atoms in total. The van der Waals surface area contributed by atoms with E-state index in [1.165, 1.54) is 0 Å². The molecule has 0 fully saturated rings. The molecule has 0 bridgehead atoms. The molecule has 0 aliphatic rings. The first kappa shape index (κ1) is 58.1. The Morgan fingerprint density at radius 2 is 0.375 bits per heavy atom. The zero-order chi connectivity index (χ0) is 25.7. The van der Waals surface area contributed by atoms with E-state index in [0.717, 1.165) is 0 Å². The van der Waals surface area contributed by atoms with E-state index < -0.39 is 136 Å². The van der Waals surface area contributed by atoms with Crippen molar-refractivity contribution in [1.29, 1.82) is 0 Å². The van der Waals surface area contributed by atoms with Gasteiger partial charge >= 0.3 is 292 Å². The molecule has 0 atom stereocenters. The van der Waals surface area contributed by atoms with Gasteiger partial charge in [0.05, 0.1) is 0 Å². The third kappa shape index (κ3) is 135. The van der Waals surface area contributed by atoms with E-state index in [2.05, 4.69) is 85.4 Å². The summed E-state index contributed by atoms with van der Waals surface area (Å²) in [5.74, 6) is 0. The molecule has 0 unspecified atom stereocenters. The molecule has 0 aromatic rings. The van der Waals surface area contributed by atoms with Crippen LogP contribution in [0.4, 0.5) is 0 Å². The Bertz CT molecular complexity index is 372. The second-order valence-corrected chi connectivity index (χ2v) is 17.1. The molecule has 0 saturated carbocycles. The molecule has 0 aliphatic heterocycles. The Kier molecular flexibility index (Phi) is 97.5. The zero-order valence-electron chi connectivity index (χ0n) is 13.8. The van der Waals surface area contributed by atoms with E-state index in [-0.39, 0.29) is 34.7 Å². The summed E-state index contributed by atoms with van der Waals surface area (Å²) >= 11 is 2.91. The molecule has 0 amide bonds. The normalized spacial score (nSPS) is 7.12. The van der Waals surface area contributed by atoms with Crippen LogP contribution in [0.5, 0.6) is 0 Å². The average Bonchev–Trinajstić information content (AvgIpc) is 2.69. The van der Waals surface area contributed by atoms with Crippen LogP contribution in [0.25, 0.3) is 0 Å². The van der Waals surface area contributed by atoms with Gasteiger partial charge in [-0.1, -0.05) is 0 Å². The van der Waals surface area contributed by atoms with Gasteiger partial charge in [-0.05, 0) is 0 Å². The van der Waals surface area contributed by atoms with Crippen LogP contribution in [0.15, 0.2) is 0 Å². The summed E-state index contributed by atoms with van der Waals surface area (Å²) in [6.45, 7) is 0. The Morgan fingerprint density at radius 3 is 0.375 bits per heavy atom. The zero-order valence-corrected chi connectivity index (χ0v) is 35.4. The molecule has 0 aromatic carbocycles. The number of halogens is 6. The van der Waals surface area contributed by atoms with Crippen molar-refractivity contribution in [1.82, 2.24) is 0 Å². The molecule has 0 N–H and O–H groups in total. The molecular formula is Al2Cl6O18Zr6. The van der Waals surface area contributed by atoms with Crippen molar-refractivity contribution in [2.45, 2.75) is 0 Å². The maximum absolute atomic E-state index is 9.18. The third-order valence-electron chi connectivity index (χ3n) is 0.378. The SMILES string of the molecule is [Al+3].[Al+3].[O]=[Zr]([O-])[O]Cl.[O]=[Zr]([O-])[O]Cl.[O]=[Zr]([O-])[O]Cl.[O]=[Zr]([O-])[O]Cl.[O]=[Zr]([O-])[O]Cl.[O]=[Zr]([O-])[O]Cl. The van der Waals surface area contributed by atoms with Crippen LogP contribution in [0.2, 0.25) is 0 Å². The van der Waals surface area contributed by atoms with Gasteiger partial charge in [-0.25, -0.2) is 0 Å². The molecule has 0 radical (unpaired) electrons. The van der Waals surface area contributed by atoms with Crippen LogP contribution in [-0.2, 0) is 167 Å². The molecule has 180 valence electrons. The first-order valence-corrected chi connectivity index (χ1v) is 24.5. The first-order chi connectivity index (χ1) is 13.6. The second-order valence-electron chi connectivity index (χ2n) is 1.96. The fraction of sp³-hybridized carbons (Fsp3) is 0. The molecule has 0 aliphatic carbocycles. The molecule has 0 saturated heterocycles. The van der Waals surface area contributed by atoms with Gasteiger partial charge in [0.1, 0.15) is 0 Å². The number of hydrogen-bond donors (Lipinski definition) is 0. The van der Waals surface area contributed by atoms with E-state index in [1.54, 1.807) is 0 Å². The van der Waals surface area contributed by atoms with Crippen LogP contribution in [0, 0.1) is 0 Å². The quantitative estimate of drug-likeness (QED) is 0.225. The first-order valence-electron chi connectivity index (χ1n) is 4.60. The van der Waals surface area contributed by atoms with Crippen LogP contribution < -0.4 is 19.1 Å². The topological polar surface area (TPSA) is 296 Å².